The van der Waals surface area contributed by atoms with E-state index in [0.29, 0.717) is 17.1 Å². The summed E-state index contributed by atoms with van der Waals surface area (Å²) >= 11 is 0. The number of carbonyl (C=O) groups excluding carboxylic acids is 1. The third kappa shape index (κ3) is 3.68. The molecule has 0 saturated heterocycles. The lowest BCUT2D eigenvalue weighted by Crippen LogP contribution is -2.17. The number of carbonyl (C=O) groups is 1. The minimum absolute atomic E-state index is 0.305. The van der Waals surface area contributed by atoms with E-state index in [4.69, 9.17) is 4.42 Å². The van der Waals surface area contributed by atoms with Gasteiger partial charge in [-0.3, -0.25) is 9.78 Å². The molecule has 5 nitrogen and oxygen atoms in total. The fourth-order valence-electron chi connectivity index (χ4n) is 1.91. The van der Waals surface area contributed by atoms with Gasteiger partial charge in [-0.1, -0.05) is 0 Å². The van der Waals surface area contributed by atoms with Crippen LogP contribution in [0.25, 0.3) is 11.3 Å². The van der Waals surface area contributed by atoms with Crippen molar-refractivity contribution in [1.82, 2.24) is 10.4 Å². The molecule has 0 saturated carbocycles. The van der Waals surface area contributed by atoms with E-state index >= 15 is 0 Å². The van der Waals surface area contributed by atoms with Gasteiger partial charge in [-0.05, 0) is 48.5 Å². The molecule has 2 aromatic heterocycles. The van der Waals surface area contributed by atoms with Gasteiger partial charge in [0.2, 0.25) is 0 Å². The van der Waals surface area contributed by atoms with Crippen LogP contribution in [0.15, 0.2) is 70.4 Å². The first-order chi connectivity index (χ1) is 11.2. The minimum atomic E-state index is -0.339. The normalized spacial score (nSPS) is 10.8. The lowest BCUT2D eigenvalue weighted by molar-refractivity contribution is 0.0955. The zero-order valence-electron chi connectivity index (χ0n) is 11.9. The summed E-state index contributed by atoms with van der Waals surface area (Å²) in [5, 5.41) is 3.84. The molecule has 0 atom stereocenters. The van der Waals surface area contributed by atoms with Crippen LogP contribution in [0, 0.1) is 5.82 Å². The molecule has 6 heteroatoms. The highest BCUT2D eigenvalue weighted by Gasteiger charge is 2.05. The Balaban J connectivity index is 1.65. The predicted molar refractivity (Wildman–Crippen MR) is 83.4 cm³/mol. The molecule has 0 aliphatic heterocycles. The number of nitrogens with zero attached hydrogens (tertiary/aromatic N) is 2. The summed E-state index contributed by atoms with van der Waals surface area (Å²) in [5.74, 6) is 0.418. The predicted octanol–water partition coefficient (Wildman–Crippen LogP) is 3.24. The lowest BCUT2D eigenvalue weighted by Gasteiger charge is -1.98. The Morgan fingerprint density at radius 2 is 1.83 bits per heavy atom. The van der Waals surface area contributed by atoms with E-state index in [2.05, 4.69) is 15.5 Å². The van der Waals surface area contributed by atoms with Gasteiger partial charge in [-0.15, -0.1) is 0 Å². The standard InChI is InChI=1S/C17H12FN3O2/c18-14-3-1-12(2-4-14)16-6-5-15(23-16)11-20-21-17(22)13-7-9-19-10-8-13/h1-11H,(H,21,22)/b20-11-. The molecule has 1 amide bonds. The molecule has 0 fully saturated rings. The highest BCUT2D eigenvalue weighted by molar-refractivity contribution is 5.94. The number of halogens is 1. The second kappa shape index (κ2) is 6.65. The van der Waals surface area contributed by atoms with Crippen molar-refractivity contribution in [1.29, 1.82) is 0 Å². The highest BCUT2D eigenvalue weighted by atomic mass is 19.1. The highest BCUT2D eigenvalue weighted by Crippen LogP contribution is 2.21. The largest absolute Gasteiger partial charge is 0.455 e. The average Bonchev–Trinajstić information content (AvgIpc) is 3.05. The summed E-state index contributed by atoms with van der Waals surface area (Å²) in [6.45, 7) is 0. The fourth-order valence-corrected chi connectivity index (χ4v) is 1.91. The molecule has 23 heavy (non-hydrogen) atoms. The summed E-state index contributed by atoms with van der Waals surface area (Å²) in [4.78, 5) is 15.6. The Bertz CT molecular complexity index is 827. The number of nitrogens with one attached hydrogen (secondary N) is 1. The van der Waals surface area contributed by atoms with Crippen molar-refractivity contribution < 1.29 is 13.6 Å². The first kappa shape index (κ1) is 14.6. The zero-order chi connectivity index (χ0) is 16.1. The summed E-state index contributed by atoms with van der Waals surface area (Å²) < 4.78 is 18.5. The van der Waals surface area contributed by atoms with E-state index < -0.39 is 0 Å². The van der Waals surface area contributed by atoms with Crippen LogP contribution in [0.1, 0.15) is 16.1 Å². The maximum Gasteiger partial charge on any atom is 0.271 e. The molecule has 0 bridgehead atoms. The van der Waals surface area contributed by atoms with Crippen molar-refractivity contribution in [3.63, 3.8) is 0 Å². The van der Waals surface area contributed by atoms with E-state index in [9.17, 15) is 9.18 Å². The number of furan rings is 1. The maximum absolute atomic E-state index is 12.9. The van der Waals surface area contributed by atoms with E-state index in [1.54, 1.807) is 36.4 Å². The average molecular weight is 309 g/mol. The molecule has 1 N–H and O–H groups in total. The molecule has 0 spiro atoms. The minimum Gasteiger partial charge on any atom is -0.455 e. The van der Waals surface area contributed by atoms with Gasteiger partial charge in [0.1, 0.15) is 17.3 Å². The molecule has 0 unspecified atom stereocenters. The third-order valence-electron chi connectivity index (χ3n) is 3.06. The zero-order valence-corrected chi connectivity index (χ0v) is 11.9. The molecule has 3 rings (SSSR count). The second-order valence-corrected chi connectivity index (χ2v) is 4.64. The Hall–Kier alpha value is -3.28. The van der Waals surface area contributed by atoms with Gasteiger partial charge in [0.15, 0.2) is 0 Å². The van der Waals surface area contributed by atoms with Gasteiger partial charge in [0.25, 0.3) is 5.91 Å². The van der Waals surface area contributed by atoms with Crippen molar-refractivity contribution in [2.45, 2.75) is 0 Å². The summed E-state index contributed by atoms with van der Waals surface area (Å²) in [7, 11) is 0. The molecule has 0 aliphatic rings. The molecule has 3 aromatic rings. The molecule has 1 aromatic carbocycles. The topological polar surface area (TPSA) is 67.5 Å². The van der Waals surface area contributed by atoms with Gasteiger partial charge in [-0.25, -0.2) is 9.82 Å². The number of benzene rings is 1. The van der Waals surface area contributed by atoms with Crippen LogP contribution in [0.3, 0.4) is 0 Å². The number of hydrogen-bond acceptors (Lipinski definition) is 4. The Labute approximate surface area is 131 Å². The van der Waals surface area contributed by atoms with E-state index in [0.717, 1.165) is 5.56 Å². The van der Waals surface area contributed by atoms with Crippen LogP contribution in [0.2, 0.25) is 0 Å². The number of amides is 1. The quantitative estimate of drug-likeness (QED) is 0.594. The van der Waals surface area contributed by atoms with Gasteiger partial charge < -0.3 is 4.42 Å². The SMILES string of the molecule is O=C(N/N=C\c1ccc(-c2ccc(F)cc2)o1)c1ccncc1. The number of aromatic nitrogens is 1. The van der Waals surface area contributed by atoms with Gasteiger partial charge >= 0.3 is 0 Å². The molecule has 114 valence electrons. The molecule has 2 heterocycles. The smallest absolute Gasteiger partial charge is 0.271 e. The molecule has 0 radical (unpaired) electrons. The number of pyridine rings is 1. The van der Waals surface area contributed by atoms with Crippen LogP contribution in [0.4, 0.5) is 4.39 Å². The van der Waals surface area contributed by atoms with Crippen LogP contribution in [-0.4, -0.2) is 17.1 Å². The summed E-state index contributed by atoms with van der Waals surface area (Å²) in [6, 6.07) is 12.6. The van der Waals surface area contributed by atoms with E-state index in [1.165, 1.54) is 30.7 Å². The van der Waals surface area contributed by atoms with E-state index in [1.807, 2.05) is 0 Å². The van der Waals surface area contributed by atoms with Crippen LogP contribution < -0.4 is 5.43 Å². The number of hydrogen-bond donors (Lipinski definition) is 1. The van der Waals surface area contributed by atoms with Gasteiger partial charge in [0.05, 0.1) is 6.21 Å². The van der Waals surface area contributed by atoms with Crippen molar-refractivity contribution in [3.8, 4) is 11.3 Å². The lowest BCUT2D eigenvalue weighted by atomic mass is 10.2. The Morgan fingerprint density at radius 1 is 1.09 bits per heavy atom. The van der Waals surface area contributed by atoms with Crippen molar-refractivity contribution >= 4 is 12.1 Å². The van der Waals surface area contributed by atoms with Crippen molar-refractivity contribution in [2.75, 3.05) is 0 Å². The monoisotopic (exact) mass is 309 g/mol. The van der Waals surface area contributed by atoms with Crippen molar-refractivity contribution in [3.05, 3.63) is 78.1 Å². The van der Waals surface area contributed by atoms with Crippen molar-refractivity contribution in [2.24, 2.45) is 5.10 Å². The Morgan fingerprint density at radius 3 is 2.57 bits per heavy atom. The molecular formula is C17H12FN3O2. The van der Waals surface area contributed by atoms with Gasteiger partial charge in [-0.2, -0.15) is 5.10 Å². The van der Waals surface area contributed by atoms with Gasteiger partial charge in [0, 0.05) is 23.5 Å². The molecule has 0 aliphatic carbocycles. The van der Waals surface area contributed by atoms with Crippen LogP contribution in [-0.2, 0) is 0 Å². The first-order valence-electron chi connectivity index (χ1n) is 6.81. The first-order valence-corrected chi connectivity index (χ1v) is 6.81. The summed E-state index contributed by atoms with van der Waals surface area (Å²) in [6.07, 6.45) is 4.45. The third-order valence-corrected chi connectivity index (χ3v) is 3.06. The number of rotatable bonds is 4. The summed E-state index contributed by atoms with van der Waals surface area (Å²) in [5.41, 5.74) is 3.62. The van der Waals surface area contributed by atoms with E-state index in [-0.39, 0.29) is 11.7 Å². The fraction of sp³-hybridized carbons (Fsp3) is 0. The van der Waals surface area contributed by atoms with Crippen LogP contribution in [0.5, 0.6) is 0 Å². The van der Waals surface area contributed by atoms with Crippen LogP contribution >= 0.6 is 0 Å². The Kier molecular flexibility index (Phi) is 4.24. The number of hydrazone groups is 1. The second-order valence-electron chi connectivity index (χ2n) is 4.64. The maximum atomic E-state index is 12.9. The molecular weight excluding hydrogens is 297 g/mol.